The summed E-state index contributed by atoms with van der Waals surface area (Å²) in [6.07, 6.45) is 52.5. The third-order valence-corrected chi connectivity index (χ3v) is 11.6. The minimum atomic E-state index is -1.28. The van der Waals surface area contributed by atoms with E-state index < -0.39 is 36.9 Å². The Morgan fingerprint density at radius 1 is 0.429 bits per heavy atom. The van der Waals surface area contributed by atoms with E-state index in [1.54, 1.807) is 0 Å². The Balaban J connectivity index is 3.57. The molecule has 332 valence electrons. The highest BCUT2D eigenvalue weighted by Crippen LogP contribution is 2.16. The number of aliphatic hydroxyl groups excluding tert-OH is 4. The summed E-state index contributed by atoms with van der Waals surface area (Å²) in [6, 6.07) is -0.998. The average molecular weight is 792 g/mol. The minimum absolute atomic E-state index is 0.365. The number of carbonyl (C=O) groups excluding carboxylic acids is 1. The van der Waals surface area contributed by atoms with Gasteiger partial charge in [0.2, 0.25) is 5.91 Å². The van der Waals surface area contributed by atoms with Gasteiger partial charge >= 0.3 is 0 Å². The molecule has 6 nitrogen and oxygen atoms in total. The van der Waals surface area contributed by atoms with Crippen molar-refractivity contribution >= 4 is 5.91 Å². The molecule has 0 saturated carbocycles. The van der Waals surface area contributed by atoms with Gasteiger partial charge in [-0.25, -0.2) is 0 Å². The fourth-order valence-corrected chi connectivity index (χ4v) is 7.69. The Hall–Kier alpha value is -1.21. The van der Waals surface area contributed by atoms with Gasteiger partial charge in [0.15, 0.2) is 0 Å². The largest absolute Gasteiger partial charge is 0.394 e. The molecule has 0 aliphatic rings. The summed E-state index contributed by atoms with van der Waals surface area (Å²) in [5.41, 5.74) is 0. The first kappa shape index (κ1) is 54.8. The molecule has 0 aromatic carbocycles. The Morgan fingerprint density at radius 3 is 1.07 bits per heavy atom. The molecule has 56 heavy (non-hydrogen) atoms. The van der Waals surface area contributed by atoms with Crippen LogP contribution in [0.25, 0.3) is 0 Å². The van der Waals surface area contributed by atoms with Crippen LogP contribution in [0.3, 0.4) is 0 Å². The fraction of sp³-hybridized carbons (Fsp3) is 0.900. The van der Waals surface area contributed by atoms with E-state index in [9.17, 15) is 25.2 Å². The number of rotatable bonds is 45. The molecule has 0 aromatic rings. The summed E-state index contributed by atoms with van der Waals surface area (Å²) < 4.78 is 0. The van der Waals surface area contributed by atoms with Crippen molar-refractivity contribution in [3.8, 4) is 0 Å². The maximum atomic E-state index is 12.5. The van der Waals surface area contributed by atoms with Gasteiger partial charge in [-0.1, -0.05) is 218 Å². The molecule has 4 unspecified atom stereocenters. The Morgan fingerprint density at radius 2 is 0.732 bits per heavy atom. The lowest BCUT2D eigenvalue weighted by Crippen LogP contribution is -2.53. The number of amides is 1. The molecule has 1 amide bonds. The predicted molar refractivity (Wildman–Crippen MR) is 242 cm³/mol. The predicted octanol–water partition coefficient (Wildman–Crippen LogP) is 13.5. The smallest absolute Gasteiger partial charge is 0.249 e. The maximum absolute atomic E-state index is 12.5. The van der Waals surface area contributed by atoms with Crippen molar-refractivity contribution < 1.29 is 25.2 Å². The van der Waals surface area contributed by atoms with Crippen LogP contribution in [0.2, 0.25) is 0 Å². The maximum Gasteiger partial charge on any atom is 0.249 e. The van der Waals surface area contributed by atoms with E-state index in [1.807, 2.05) is 0 Å². The zero-order valence-electron chi connectivity index (χ0n) is 37.4. The molecule has 0 heterocycles. The van der Waals surface area contributed by atoms with Crippen LogP contribution in [0.15, 0.2) is 24.3 Å². The highest BCUT2D eigenvalue weighted by molar-refractivity contribution is 5.80. The van der Waals surface area contributed by atoms with E-state index in [0.29, 0.717) is 12.8 Å². The summed E-state index contributed by atoms with van der Waals surface area (Å²) in [7, 11) is 0. The lowest BCUT2D eigenvalue weighted by molar-refractivity contribution is -0.132. The van der Waals surface area contributed by atoms with E-state index in [-0.39, 0.29) is 0 Å². The van der Waals surface area contributed by atoms with Crippen LogP contribution >= 0.6 is 0 Å². The second-order valence-electron chi connectivity index (χ2n) is 17.2. The lowest BCUT2D eigenvalue weighted by atomic mass is 10.00. The van der Waals surface area contributed by atoms with Gasteiger partial charge in [-0.05, 0) is 64.2 Å². The molecular weight excluding hydrogens is 695 g/mol. The van der Waals surface area contributed by atoms with Crippen molar-refractivity contribution in [3.63, 3.8) is 0 Å². The van der Waals surface area contributed by atoms with Crippen LogP contribution in [0.1, 0.15) is 258 Å². The standard InChI is InChI=1S/C50H97NO5/c1-3-5-7-9-11-13-15-16-17-18-19-20-21-22-23-24-25-26-27-28-29-30-31-32-33-34-36-38-40-42-44-48(54)50(56)51-46(45-52)49(55)47(53)43-41-39-37-35-14-12-10-8-6-4-2/h22-23,35,37,46-49,52-55H,3-21,24-34,36,38-45H2,1-2H3,(H,51,56)/b23-22-,37-35+. The van der Waals surface area contributed by atoms with E-state index in [2.05, 4.69) is 43.5 Å². The molecule has 0 radical (unpaired) electrons. The van der Waals surface area contributed by atoms with Crippen molar-refractivity contribution in [1.82, 2.24) is 5.32 Å². The van der Waals surface area contributed by atoms with Gasteiger partial charge in [-0.15, -0.1) is 0 Å². The summed E-state index contributed by atoms with van der Waals surface area (Å²) >= 11 is 0. The molecule has 6 heteroatoms. The van der Waals surface area contributed by atoms with Crippen LogP contribution in [-0.4, -0.2) is 57.3 Å². The van der Waals surface area contributed by atoms with Crippen molar-refractivity contribution in [2.24, 2.45) is 0 Å². The van der Waals surface area contributed by atoms with Crippen molar-refractivity contribution in [1.29, 1.82) is 0 Å². The first-order valence-corrected chi connectivity index (χ1v) is 24.7. The van der Waals surface area contributed by atoms with Crippen molar-refractivity contribution in [2.75, 3.05) is 6.61 Å². The summed E-state index contributed by atoms with van der Waals surface area (Å²) in [4.78, 5) is 12.5. The van der Waals surface area contributed by atoms with E-state index in [4.69, 9.17) is 0 Å². The first-order chi connectivity index (χ1) is 27.5. The third kappa shape index (κ3) is 38.3. The van der Waals surface area contributed by atoms with Crippen LogP contribution in [0, 0.1) is 0 Å². The second-order valence-corrected chi connectivity index (χ2v) is 17.2. The second kappa shape index (κ2) is 44.9. The van der Waals surface area contributed by atoms with Gasteiger partial charge in [-0.3, -0.25) is 4.79 Å². The van der Waals surface area contributed by atoms with Crippen LogP contribution in [-0.2, 0) is 4.79 Å². The molecule has 4 atom stereocenters. The zero-order valence-corrected chi connectivity index (χ0v) is 37.4. The fourth-order valence-electron chi connectivity index (χ4n) is 7.69. The number of hydrogen-bond acceptors (Lipinski definition) is 5. The summed E-state index contributed by atoms with van der Waals surface area (Å²) in [5, 5.41) is 43.6. The Labute approximate surface area is 348 Å². The van der Waals surface area contributed by atoms with Crippen LogP contribution < -0.4 is 5.32 Å². The molecule has 0 fully saturated rings. The van der Waals surface area contributed by atoms with Gasteiger partial charge in [-0.2, -0.15) is 0 Å². The highest BCUT2D eigenvalue weighted by Gasteiger charge is 2.28. The number of unbranched alkanes of at least 4 members (excludes halogenated alkanes) is 32. The number of allylic oxidation sites excluding steroid dienone is 4. The molecule has 0 aliphatic heterocycles. The molecule has 0 rings (SSSR count). The number of carbonyl (C=O) groups is 1. The number of hydrogen-bond donors (Lipinski definition) is 5. The number of aliphatic hydroxyl groups is 4. The molecule has 0 aromatic heterocycles. The van der Waals surface area contributed by atoms with E-state index in [1.165, 1.54) is 193 Å². The zero-order chi connectivity index (χ0) is 41.0. The molecule has 0 spiro atoms. The summed E-state index contributed by atoms with van der Waals surface area (Å²) in [5.74, 6) is -0.593. The monoisotopic (exact) mass is 792 g/mol. The molecule has 0 aliphatic carbocycles. The van der Waals surface area contributed by atoms with Gasteiger partial charge in [0, 0.05) is 0 Å². The number of nitrogens with one attached hydrogen (secondary N) is 1. The minimum Gasteiger partial charge on any atom is -0.394 e. The first-order valence-electron chi connectivity index (χ1n) is 24.7. The Bertz CT molecular complexity index is 847. The van der Waals surface area contributed by atoms with Gasteiger partial charge in [0.25, 0.3) is 0 Å². The van der Waals surface area contributed by atoms with Crippen molar-refractivity contribution in [2.45, 2.75) is 282 Å². The average Bonchev–Trinajstić information content (AvgIpc) is 3.20. The van der Waals surface area contributed by atoms with E-state index >= 15 is 0 Å². The molecule has 0 saturated heterocycles. The van der Waals surface area contributed by atoms with Gasteiger partial charge in [0.1, 0.15) is 12.2 Å². The normalized spacial score (nSPS) is 14.2. The van der Waals surface area contributed by atoms with Crippen LogP contribution in [0.4, 0.5) is 0 Å². The SMILES string of the molecule is CCCCCCC/C=C/CCCC(O)C(O)C(CO)NC(=O)C(O)CCCCCCCCCCCCCCCC/C=C\CCCCCCCCCCCCCC. The lowest BCUT2D eigenvalue weighted by Gasteiger charge is -2.27. The topological polar surface area (TPSA) is 110 Å². The van der Waals surface area contributed by atoms with Gasteiger partial charge in [0.05, 0.1) is 18.8 Å². The Kier molecular flexibility index (Phi) is 43.9. The third-order valence-electron chi connectivity index (χ3n) is 11.6. The molecule has 5 N–H and O–H groups in total. The highest BCUT2D eigenvalue weighted by atomic mass is 16.3. The van der Waals surface area contributed by atoms with Crippen LogP contribution in [0.5, 0.6) is 0 Å². The van der Waals surface area contributed by atoms with E-state index in [0.717, 1.165) is 38.5 Å². The molecule has 0 bridgehead atoms. The van der Waals surface area contributed by atoms with Gasteiger partial charge < -0.3 is 25.7 Å². The van der Waals surface area contributed by atoms with Crippen molar-refractivity contribution in [3.05, 3.63) is 24.3 Å². The summed E-state index contributed by atoms with van der Waals surface area (Å²) in [6.45, 7) is 4.02. The molecular formula is C50H97NO5. The quantitative estimate of drug-likeness (QED) is 0.0312.